The summed E-state index contributed by atoms with van der Waals surface area (Å²) in [4.78, 5) is 29.1. The van der Waals surface area contributed by atoms with E-state index in [1.807, 2.05) is 6.92 Å². The number of nitrogens with zero attached hydrogens (tertiary/aromatic N) is 2. The normalized spacial score (nSPS) is 15.5. The fourth-order valence-electron chi connectivity index (χ4n) is 3.73. The Morgan fingerprint density at radius 1 is 1.10 bits per heavy atom. The summed E-state index contributed by atoms with van der Waals surface area (Å²) in [5.74, 6) is -1.18. The summed E-state index contributed by atoms with van der Waals surface area (Å²) in [6.07, 6.45) is 0. The number of piperazine rings is 1. The van der Waals surface area contributed by atoms with Crippen molar-refractivity contribution in [3.8, 4) is 0 Å². The van der Waals surface area contributed by atoms with Gasteiger partial charge in [0.1, 0.15) is 5.82 Å². The predicted octanol–water partition coefficient (Wildman–Crippen LogP) is 3.25. The Morgan fingerprint density at radius 2 is 1.80 bits per heavy atom. The van der Waals surface area contributed by atoms with Crippen LogP contribution in [0, 0.1) is 5.82 Å². The lowest BCUT2D eigenvalue weighted by Crippen LogP contribution is -2.46. The number of amides is 1. The van der Waals surface area contributed by atoms with Crippen molar-refractivity contribution in [2.75, 3.05) is 44.7 Å². The van der Waals surface area contributed by atoms with Crippen LogP contribution < -0.4 is 10.2 Å². The summed E-state index contributed by atoms with van der Waals surface area (Å²) in [6.45, 7) is 8.61. The third-order valence-electron chi connectivity index (χ3n) is 5.51. The first-order valence-electron chi connectivity index (χ1n) is 10.2. The van der Waals surface area contributed by atoms with Crippen molar-refractivity contribution < 1.29 is 18.7 Å². The molecule has 1 amide bonds. The highest BCUT2D eigenvalue weighted by atomic mass is 19.1. The first kappa shape index (κ1) is 21.8. The molecule has 0 spiro atoms. The van der Waals surface area contributed by atoms with Gasteiger partial charge in [0.05, 0.1) is 18.7 Å². The molecular weight excluding hydrogens is 385 g/mol. The van der Waals surface area contributed by atoms with Gasteiger partial charge in [-0.25, -0.2) is 9.18 Å². The van der Waals surface area contributed by atoms with Crippen LogP contribution in [0.5, 0.6) is 0 Å². The van der Waals surface area contributed by atoms with E-state index in [9.17, 15) is 14.0 Å². The van der Waals surface area contributed by atoms with Crippen molar-refractivity contribution in [1.82, 2.24) is 10.2 Å². The lowest BCUT2D eigenvalue weighted by molar-refractivity contribution is 0.0600. The van der Waals surface area contributed by atoms with E-state index < -0.39 is 12.0 Å². The molecular formula is C23H28FN3O3. The minimum atomic E-state index is -0.503. The van der Waals surface area contributed by atoms with Gasteiger partial charge in [0.15, 0.2) is 0 Å². The van der Waals surface area contributed by atoms with E-state index in [-0.39, 0.29) is 11.7 Å². The number of hydrogen-bond donors (Lipinski definition) is 1. The molecule has 6 nitrogen and oxygen atoms in total. The maximum Gasteiger partial charge on any atom is 0.337 e. The highest BCUT2D eigenvalue weighted by Crippen LogP contribution is 2.28. The van der Waals surface area contributed by atoms with Crippen molar-refractivity contribution in [3.05, 3.63) is 65.0 Å². The summed E-state index contributed by atoms with van der Waals surface area (Å²) in [6, 6.07) is 10.7. The predicted molar refractivity (Wildman–Crippen MR) is 114 cm³/mol. The Kier molecular flexibility index (Phi) is 7.05. The van der Waals surface area contributed by atoms with Gasteiger partial charge in [-0.05, 0) is 49.9 Å². The lowest BCUT2D eigenvalue weighted by atomic mass is 10.0. The second-order valence-corrected chi connectivity index (χ2v) is 7.39. The molecule has 7 heteroatoms. The van der Waals surface area contributed by atoms with E-state index in [0.717, 1.165) is 44.0 Å². The number of carbonyl (C=O) groups is 2. The van der Waals surface area contributed by atoms with E-state index in [1.165, 1.54) is 25.3 Å². The van der Waals surface area contributed by atoms with Gasteiger partial charge in [-0.15, -0.1) is 0 Å². The Labute approximate surface area is 176 Å². The van der Waals surface area contributed by atoms with Gasteiger partial charge < -0.3 is 19.9 Å². The van der Waals surface area contributed by atoms with Gasteiger partial charge in [-0.1, -0.05) is 13.0 Å². The summed E-state index contributed by atoms with van der Waals surface area (Å²) >= 11 is 0. The first-order chi connectivity index (χ1) is 14.4. The summed E-state index contributed by atoms with van der Waals surface area (Å²) in [5.41, 5.74) is 2.32. The number of ether oxygens (including phenoxy) is 1. The van der Waals surface area contributed by atoms with Crippen molar-refractivity contribution >= 4 is 17.6 Å². The molecule has 0 saturated carbocycles. The summed E-state index contributed by atoms with van der Waals surface area (Å²) < 4.78 is 18.8. The van der Waals surface area contributed by atoms with Crippen LogP contribution in [0.1, 0.15) is 46.2 Å². The van der Waals surface area contributed by atoms with Crippen LogP contribution in [0.15, 0.2) is 42.5 Å². The Bertz CT molecular complexity index is 910. The number of hydrogen-bond acceptors (Lipinski definition) is 5. The van der Waals surface area contributed by atoms with E-state index in [0.29, 0.717) is 11.1 Å². The second-order valence-electron chi connectivity index (χ2n) is 7.39. The largest absolute Gasteiger partial charge is 0.465 e. The molecule has 2 aromatic rings. The molecule has 160 valence electrons. The number of likely N-dealkylation sites (N-methyl/N-ethyl adjacent to an activating group) is 1. The number of anilines is 1. The van der Waals surface area contributed by atoms with Crippen molar-refractivity contribution in [2.24, 2.45) is 0 Å². The molecule has 3 rings (SSSR count). The molecule has 0 aromatic heterocycles. The third kappa shape index (κ3) is 4.97. The van der Waals surface area contributed by atoms with Gasteiger partial charge >= 0.3 is 5.97 Å². The third-order valence-corrected chi connectivity index (χ3v) is 5.51. The van der Waals surface area contributed by atoms with E-state index in [1.54, 1.807) is 24.3 Å². The Balaban J connectivity index is 1.78. The number of nitrogens with one attached hydrogen (secondary N) is 1. The van der Waals surface area contributed by atoms with Gasteiger partial charge in [0.2, 0.25) is 0 Å². The average molecular weight is 413 g/mol. The quantitative estimate of drug-likeness (QED) is 0.737. The highest BCUT2D eigenvalue weighted by Gasteiger charge is 2.22. The monoisotopic (exact) mass is 413 g/mol. The highest BCUT2D eigenvalue weighted by molar-refractivity contribution is 5.98. The van der Waals surface area contributed by atoms with Gasteiger partial charge in [-0.3, -0.25) is 4.79 Å². The number of carbonyl (C=O) groups excluding carboxylic acids is 2. The summed E-state index contributed by atoms with van der Waals surface area (Å²) in [7, 11) is 1.29. The molecule has 1 N–H and O–H groups in total. The van der Waals surface area contributed by atoms with E-state index in [4.69, 9.17) is 4.74 Å². The fourth-order valence-corrected chi connectivity index (χ4v) is 3.73. The number of benzene rings is 2. The fraction of sp³-hybridized carbons (Fsp3) is 0.391. The van der Waals surface area contributed by atoms with Crippen LogP contribution in [0.25, 0.3) is 0 Å². The number of halogens is 1. The maximum absolute atomic E-state index is 14.0. The van der Waals surface area contributed by atoms with Crippen LogP contribution in [-0.4, -0.2) is 56.6 Å². The standard InChI is InChI=1S/C23H28FN3O3/c1-4-26-10-12-27(13-11-26)21-9-8-19(24)15-20(21)16(2)25-22(28)17-6-5-7-18(14-17)23(29)30-3/h5-9,14-16H,4,10-13H2,1-3H3,(H,25,28). The van der Waals surface area contributed by atoms with Crippen molar-refractivity contribution in [2.45, 2.75) is 19.9 Å². The van der Waals surface area contributed by atoms with Crippen LogP contribution in [0.3, 0.4) is 0 Å². The molecule has 2 aromatic carbocycles. The number of methoxy groups -OCH3 is 1. The smallest absolute Gasteiger partial charge is 0.337 e. The van der Waals surface area contributed by atoms with Gasteiger partial charge in [0, 0.05) is 43.0 Å². The van der Waals surface area contributed by atoms with Crippen LogP contribution in [0.2, 0.25) is 0 Å². The molecule has 1 heterocycles. The number of esters is 1. The molecule has 1 aliphatic rings. The molecule has 1 atom stereocenters. The zero-order valence-corrected chi connectivity index (χ0v) is 17.7. The van der Waals surface area contributed by atoms with Crippen LogP contribution in [0.4, 0.5) is 10.1 Å². The Hall–Kier alpha value is -2.93. The molecule has 1 aliphatic heterocycles. The average Bonchev–Trinajstić information content (AvgIpc) is 2.78. The van der Waals surface area contributed by atoms with E-state index >= 15 is 0 Å². The zero-order chi connectivity index (χ0) is 21.7. The van der Waals surface area contributed by atoms with Crippen LogP contribution in [-0.2, 0) is 4.74 Å². The Morgan fingerprint density at radius 3 is 2.47 bits per heavy atom. The van der Waals surface area contributed by atoms with Crippen LogP contribution >= 0.6 is 0 Å². The van der Waals surface area contributed by atoms with Gasteiger partial charge in [0.25, 0.3) is 5.91 Å². The summed E-state index contributed by atoms with van der Waals surface area (Å²) in [5, 5.41) is 2.93. The molecule has 1 saturated heterocycles. The topological polar surface area (TPSA) is 61.9 Å². The molecule has 0 aliphatic carbocycles. The molecule has 0 bridgehead atoms. The lowest BCUT2D eigenvalue weighted by Gasteiger charge is -2.37. The number of rotatable bonds is 6. The van der Waals surface area contributed by atoms with E-state index in [2.05, 4.69) is 22.0 Å². The molecule has 0 radical (unpaired) electrons. The molecule has 1 unspecified atom stereocenters. The van der Waals surface area contributed by atoms with Crippen molar-refractivity contribution in [3.63, 3.8) is 0 Å². The minimum Gasteiger partial charge on any atom is -0.465 e. The molecule has 30 heavy (non-hydrogen) atoms. The minimum absolute atomic E-state index is 0.304. The maximum atomic E-state index is 14.0. The molecule has 1 fully saturated rings. The first-order valence-corrected chi connectivity index (χ1v) is 10.2. The van der Waals surface area contributed by atoms with Gasteiger partial charge in [-0.2, -0.15) is 0 Å². The SMILES string of the molecule is CCN1CCN(c2ccc(F)cc2C(C)NC(=O)c2cccc(C(=O)OC)c2)CC1. The zero-order valence-electron chi connectivity index (χ0n) is 17.7. The van der Waals surface area contributed by atoms with Crippen molar-refractivity contribution in [1.29, 1.82) is 0 Å². The second kappa shape index (κ2) is 9.71.